The zero-order chi connectivity index (χ0) is 15.5. The Morgan fingerprint density at radius 2 is 2.09 bits per heavy atom. The van der Waals surface area contributed by atoms with E-state index in [9.17, 15) is 0 Å². The normalized spacial score (nSPS) is 18.3. The highest BCUT2D eigenvalue weighted by molar-refractivity contribution is 5.74. The molecule has 0 saturated carbocycles. The van der Waals surface area contributed by atoms with Crippen LogP contribution in [0.15, 0.2) is 53.1 Å². The van der Waals surface area contributed by atoms with Crippen molar-refractivity contribution in [2.75, 3.05) is 24.6 Å². The predicted octanol–water partition coefficient (Wildman–Crippen LogP) is 3.52. The van der Waals surface area contributed by atoms with Gasteiger partial charge in [-0.2, -0.15) is 4.98 Å². The van der Waals surface area contributed by atoms with Crippen LogP contribution >= 0.6 is 0 Å². The Morgan fingerprint density at radius 1 is 1.17 bits per heavy atom. The first-order valence-electron chi connectivity index (χ1n) is 8.03. The average Bonchev–Trinajstić information content (AvgIpc) is 3.05. The fraction of sp³-hybridized carbons (Fsp3) is 0.333. The molecule has 4 rings (SSSR count). The summed E-state index contributed by atoms with van der Waals surface area (Å²) in [5.74, 6) is 1.15. The van der Waals surface area contributed by atoms with Gasteiger partial charge in [0.25, 0.3) is 6.01 Å². The number of piperidine rings is 1. The van der Waals surface area contributed by atoms with Crippen molar-refractivity contribution in [3.63, 3.8) is 0 Å². The first-order valence-corrected chi connectivity index (χ1v) is 8.03. The van der Waals surface area contributed by atoms with Crippen molar-refractivity contribution < 1.29 is 9.15 Å². The van der Waals surface area contributed by atoms with Crippen LogP contribution in [0.5, 0.6) is 5.88 Å². The summed E-state index contributed by atoms with van der Waals surface area (Å²) in [6.07, 6.45) is 4.03. The van der Waals surface area contributed by atoms with E-state index in [0.717, 1.165) is 37.0 Å². The van der Waals surface area contributed by atoms with Crippen LogP contribution in [0.4, 0.5) is 6.01 Å². The van der Waals surface area contributed by atoms with Gasteiger partial charge in [0.2, 0.25) is 5.88 Å². The number of nitrogens with zero attached hydrogens (tertiary/aromatic N) is 3. The summed E-state index contributed by atoms with van der Waals surface area (Å²) in [5, 5.41) is 0. The summed E-state index contributed by atoms with van der Waals surface area (Å²) in [5.41, 5.74) is 1.75. The van der Waals surface area contributed by atoms with Gasteiger partial charge in [0.1, 0.15) is 5.52 Å². The van der Waals surface area contributed by atoms with Gasteiger partial charge in [0.05, 0.1) is 6.61 Å². The first-order chi connectivity index (χ1) is 11.4. The van der Waals surface area contributed by atoms with E-state index in [1.54, 1.807) is 6.20 Å². The van der Waals surface area contributed by atoms with Crippen LogP contribution in [0.25, 0.3) is 11.1 Å². The molecule has 1 fully saturated rings. The number of pyridine rings is 1. The lowest BCUT2D eigenvalue weighted by Crippen LogP contribution is -2.38. The summed E-state index contributed by atoms with van der Waals surface area (Å²) in [7, 11) is 0. The SMILES string of the molecule is c1ccc(OCC2CCCN(c3nc4ccccc4o3)C2)nc1. The number of benzene rings is 1. The van der Waals surface area contributed by atoms with Gasteiger partial charge in [-0.1, -0.05) is 18.2 Å². The smallest absolute Gasteiger partial charge is 0.298 e. The Labute approximate surface area is 134 Å². The van der Waals surface area contributed by atoms with Crippen molar-refractivity contribution in [1.29, 1.82) is 0 Å². The number of hydrogen-bond acceptors (Lipinski definition) is 5. The summed E-state index contributed by atoms with van der Waals surface area (Å²) < 4.78 is 11.7. The molecule has 0 amide bonds. The Balaban J connectivity index is 1.42. The number of fused-ring (bicyclic) bond motifs is 1. The maximum atomic E-state index is 5.88. The fourth-order valence-electron chi connectivity index (χ4n) is 3.01. The van der Waals surface area contributed by atoms with Gasteiger partial charge in [-0.25, -0.2) is 4.98 Å². The third-order valence-corrected chi connectivity index (χ3v) is 4.18. The minimum Gasteiger partial charge on any atom is -0.477 e. The molecule has 0 spiro atoms. The van der Waals surface area contributed by atoms with E-state index < -0.39 is 0 Å². The molecule has 3 aromatic rings. The monoisotopic (exact) mass is 309 g/mol. The lowest BCUT2D eigenvalue weighted by Gasteiger charge is -2.31. The van der Waals surface area contributed by atoms with E-state index >= 15 is 0 Å². The summed E-state index contributed by atoms with van der Waals surface area (Å²) in [6, 6.07) is 14.3. The van der Waals surface area contributed by atoms with E-state index in [1.807, 2.05) is 42.5 Å². The van der Waals surface area contributed by atoms with Gasteiger partial charge < -0.3 is 14.1 Å². The topological polar surface area (TPSA) is 51.4 Å². The Morgan fingerprint density at radius 3 is 2.96 bits per heavy atom. The largest absolute Gasteiger partial charge is 0.477 e. The minimum absolute atomic E-state index is 0.459. The zero-order valence-electron chi connectivity index (χ0n) is 12.9. The van der Waals surface area contributed by atoms with Gasteiger partial charge in [0.15, 0.2) is 5.58 Å². The highest BCUT2D eigenvalue weighted by atomic mass is 16.5. The lowest BCUT2D eigenvalue weighted by molar-refractivity contribution is 0.219. The van der Waals surface area contributed by atoms with Gasteiger partial charge in [-0.3, -0.25) is 0 Å². The molecule has 23 heavy (non-hydrogen) atoms. The molecule has 2 aromatic heterocycles. The number of aromatic nitrogens is 2. The molecular weight excluding hydrogens is 290 g/mol. The second-order valence-corrected chi connectivity index (χ2v) is 5.90. The average molecular weight is 309 g/mol. The molecule has 1 aliphatic rings. The lowest BCUT2D eigenvalue weighted by atomic mass is 9.99. The quantitative estimate of drug-likeness (QED) is 0.738. The third-order valence-electron chi connectivity index (χ3n) is 4.18. The Bertz CT molecular complexity index is 739. The maximum Gasteiger partial charge on any atom is 0.298 e. The van der Waals surface area contributed by atoms with Crippen LogP contribution in [0, 0.1) is 5.92 Å². The number of para-hydroxylation sites is 2. The van der Waals surface area contributed by atoms with Crippen molar-refractivity contribution in [1.82, 2.24) is 9.97 Å². The van der Waals surface area contributed by atoms with Crippen LogP contribution in [-0.2, 0) is 0 Å². The zero-order valence-corrected chi connectivity index (χ0v) is 12.9. The molecule has 1 aromatic carbocycles. The summed E-state index contributed by atoms with van der Waals surface area (Å²) in [6.45, 7) is 2.56. The Hall–Kier alpha value is -2.56. The Kier molecular flexibility index (Phi) is 3.84. The van der Waals surface area contributed by atoms with Gasteiger partial charge >= 0.3 is 0 Å². The number of ether oxygens (including phenoxy) is 1. The molecule has 0 N–H and O–H groups in total. The van der Waals surface area contributed by atoms with E-state index in [-0.39, 0.29) is 0 Å². The fourth-order valence-corrected chi connectivity index (χ4v) is 3.01. The predicted molar refractivity (Wildman–Crippen MR) is 88.7 cm³/mol. The summed E-state index contributed by atoms with van der Waals surface area (Å²) in [4.78, 5) is 11.0. The molecular formula is C18H19N3O2. The molecule has 1 atom stereocenters. The van der Waals surface area contributed by atoms with Crippen LogP contribution < -0.4 is 9.64 Å². The molecule has 5 nitrogen and oxygen atoms in total. The molecule has 3 heterocycles. The van der Waals surface area contributed by atoms with Crippen LogP contribution in [0.1, 0.15) is 12.8 Å². The highest BCUT2D eigenvalue weighted by Gasteiger charge is 2.24. The van der Waals surface area contributed by atoms with Gasteiger partial charge in [0, 0.05) is 31.3 Å². The van der Waals surface area contributed by atoms with E-state index in [0.29, 0.717) is 24.4 Å². The number of hydrogen-bond donors (Lipinski definition) is 0. The maximum absolute atomic E-state index is 5.88. The van der Waals surface area contributed by atoms with E-state index in [1.165, 1.54) is 0 Å². The molecule has 0 radical (unpaired) electrons. The van der Waals surface area contributed by atoms with Gasteiger partial charge in [-0.15, -0.1) is 0 Å². The molecule has 5 heteroatoms. The van der Waals surface area contributed by atoms with Crippen molar-refractivity contribution in [2.24, 2.45) is 5.92 Å². The van der Waals surface area contributed by atoms with Crippen LogP contribution in [0.2, 0.25) is 0 Å². The molecule has 1 unspecified atom stereocenters. The van der Waals surface area contributed by atoms with Gasteiger partial charge in [-0.05, 0) is 31.0 Å². The van der Waals surface area contributed by atoms with E-state index in [2.05, 4.69) is 14.9 Å². The van der Waals surface area contributed by atoms with Crippen molar-refractivity contribution in [2.45, 2.75) is 12.8 Å². The molecule has 118 valence electrons. The summed E-state index contributed by atoms with van der Waals surface area (Å²) >= 11 is 0. The second-order valence-electron chi connectivity index (χ2n) is 5.90. The molecule has 0 aliphatic carbocycles. The van der Waals surface area contributed by atoms with Crippen molar-refractivity contribution in [3.8, 4) is 5.88 Å². The van der Waals surface area contributed by atoms with E-state index in [4.69, 9.17) is 9.15 Å². The van der Waals surface area contributed by atoms with Crippen LogP contribution in [0.3, 0.4) is 0 Å². The van der Waals surface area contributed by atoms with Crippen molar-refractivity contribution in [3.05, 3.63) is 48.7 Å². The second kappa shape index (κ2) is 6.28. The third kappa shape index (κ3) is 3.13. The standard InChI is InChI=1S/C18H19N3O2/c1-2-8-16-15(7-1)20-18(23-16)21-11-5-6-14(12-21)13-22-17-9-3-4-10-19-17/h1-4,7-10,14H,5-6,11-13H2. The first kappa shape index (κ1) is 14.1. The van der Waals surface area contributed by atoms with Crippen molar-refractivity contribution >= 4 is 17.1 Å². The molecule has 0 bridgehead atoms. The minimum atomic E-state index is 0.459. The highest BCUT2D eigenvalue weighted by Crippen LogP contribution is 2.26. The molecule has 1 saturated heterocycles. The number of anilines is 1. The number of rotatable bonds is 4. The number of oxazole rings is 1. The molecule has 1 aliphatic heterocycles. The van der Waals surface area contributed by atoms with Crippen LogP contribution in [-0.4, -0.2) is 29.7 Å².